The van der Waals surface area contributed by atoms with Crippen LogP contribution < -0.4 is 5.32 Å². The molecule has 0 radical (unpaired) electrons. The maximum absolute atomic E-state index is 13.7. The first-order valence-corrected chi connectivity index (χ1v) is 6.28. The molecule has 0 heterocycles. The molecule has 1 aromatic rings. The van der Waals surface area contributed by atoms with Crippen molar-refractivity contribution in [2.75, 3.05) is 6.54 Å². The summed E-state index contributed by atoms with van der Waals surface area (Å²) in [5.74, 6) is -0.916. The van der Waals surface area contributed by atoms with Crippen LogP contribution in [0.25, 0.3) is 0 Å². The second-order valence-corrected chi connectivity index (χ2v) is 4.41. The molecule has 1 rings (SSSR count). The van der Waals surface area contributed by atoms with E-state index in [9.17, 15) is 8.78 Å². The Morgan fingerprint density at radius 3 is 2.47 bits per heavy atom. The van der Waals surface area contributed by atoms with Crippen molar-refractivity contribution in [2.45, 2.75) is 45.6 Å². The minimum atomic E-state index is -0.519. The van der Waals surface area contributed by atoms with Crippen LogP contribution in [0.3, 0.4) is 0 Å². The molecule has 0 spiro atoms. The largest absolute Gasteiger partial charge is 0.314 e. The highest BCUT2D eigenvalue weighted by Crippen LogP contribution is 2.25. The Hall–Kier alpha value is -0.960. The molecule has 1 aromatic carbocycles. The van der Waals surface area contributed by atoms with E-state index in [1.165, 1.54) is 6.07 Å². The maximum Gasteiger partial charge on any atom is 0.129 e. The van der Waals surface area contributed by atoms with Gasteiger partial charge in [0.05, 0.1) is 0 Å². The van der Waals surface area contributed by atoms with E-state index < -0.39 is 11.6 Å². The summed E-state index contributed by atoms with van der Waals surface area (Å²) in [6, 6.07) is 4.07. The molecule has 3 heteroatoms. The van der Waals surface area contributed by atoms with Gasteiger partial charge in [0, 0.05) is 12.1 Å². The molecule has 0 saturated heterocycles. The second-order valence-electron chi connectivity index (χ2n) is 4.41. The van der Waals surface area contributed by atoms with Crippen molar-refractivity contribution in [3.05, 3.63) is 35.4 Å². The Bertz CT molecular complexity index is 346. The molecular weight excluding hydrogens is 220 g/mol. The van der Waals surface area contributed by atoms with E-state index in [0.29, 0.717) is 5.56 Å². The second kappa shape index (κ2) is 6.70. The lowest BCUT2D eigenvalue weighted by Gasteiger charge is -2.25. The van der Waals surface area contributed by atoms with E-state index in [-0.39, 0.29) is 12.0 Å². The fourth-order valence-electron chi connectivity index (χ4n) is 2.19. The van der Waals surface area contributed by atoms with Crippen molar-refractivity contribution >= 4 is 0 Å². The Balaban J connectivity index is 2.88. The topological polar surface area (TPSA) is 12.0 Å². The van der Waals surface area contributed by atoms with Crippen molar-refractivity contribution < 1.29 is 8.78 Å². The Kier molecular flexibility index (Phi) is 5.56. The molecule has 2 atom stereocenters. The summed E-state index contributed by atoms with van der Waals surface area (Å²) in [6.45, 7) is 6.99. The van der Waals surface area contributed by atoms with Crippen molar-refractivity contribution in [3.8, 4) is 0 Å². The van der Waals surface area contributed by atoms with Gasteiger partial charge in [0.2, 0.25) is 0 Å². The molecule has 1 nitrogen and oxygen atoms in total. The quantitative estimate of drug-likeness (QED) is 0.797. The van der Waals surface area contributed by atoms with Gasteiger partial charge in [-0.3, -0.25) is 0 Å². The first kappa shape index (κ1) is 14.1. The van der Waals surface area contributed by atoms with Gasteiger partial charge in [-0.25, -0.2) is 8.78 Å². The lowest BCUT2D eigenvalue weighted by molar-refractivity contribution is 0.418. The molecule has 17 heavy (non-hydrogen) atoms. The summed E-state index contributed by atoms with van der Waals surface area (Å²) < 4.78 is 26.5. The lowest BCUT2D eigenvalue weighted by atomic mass is 9.90. The molecule has 0 bridgehead atoms. The van der Waals surface area contributed by atoms with Crippen LogP contribution in [0.15, 0.2) is 18.2 Å². The number of benzene rings is 1. The summed E-state index contributed by atoms with van der Waals surface area (Å²) in [7, 11) is 0. The number of hydrogen-bond acceptors (Lipinski definition) is 1. The molecular formula is C14H21F2N. The van der Waals surface area contributed by atoms with Crippen molar-refractivity contribution in [2.24, 2.45) is 0 Å². The Labute approximate surface area is 102 Å². The van der Waals surface area contributed by atoms with E-state index in [2.05, 4.69) is 12.2 Å². The zero-order valence-corrected chi connectivity index (χ0v) is 10.8. The van der Waals surface area contributed by atoms with Crippen molar-refractivity contribution in [3.63, 3.8) is 0 Å². The van der Waals surface area contributed by atoms with Crippen LogP contribution in [0.1, 0.15) is 45.1 Å². The monoisotopic (exact) mass is 241 g/mol. The molecule has 0 aliphatic carbocycles. The van der Waals surface area contributed by atoms with Crippen LogP contribution in [0.4, 0.5) is 8.78 Å². The SMILES string of the molecule is CCCC(NCC)C(C)c1ccc(F)cc1F. The van der Waals surface area contributed by atoms with E-state index in [0.717, 1.165) is 25.5 Å². The maximum atomic E-state index is 13.7. The highest BCUT2D eigenvalue weighted by molar-refractivity contribution is 5.23. The molecule has 0 aliphatic heterocycles. The highest BCUT2D eigenvalue weighted by atomic mass is 19.1. The normalized spacial score (nSPS) is 14.6. The number of rotatable bonds is 6. The van der Waals surface area contributed by atoms with Gasteiger partial charge in [-0.05, 0) is 30.5 Å². The summed E-state index contributed by atoms with van der Waals surface area (Å²) in [5.41, 5.74) is 0.589. The molecule has 2 unspecified atom stereocenters. The molecule has 96 valence electrons. The van der Waals surface area contributed by atoms with Crippen molar-refractivity contribution in [1.29, 1.82) is 0 Å². The number of hydrogen-bond donors (Lipinski definition) is 1. The Morgan fingerprint density at radius 2 is 1.94 bits per heavy atom. The van der Waals surface area contributed by atoms with E-state index in [1.807, 2.05) is 13.8 Å². The number of halogens is 2. The molecule has 0 aromatic heterocycles. The van der Waals surface area contributed by atoms with Gasteiger partial charge >= 0.3 is 0 Å². The van der Waals surface area contributed by atoms with Crippen LogP contribution in [0, 0.1) is 11.6 Å². The smallest absolute Gasteiger partial charge is 0.129 e. The molecule has 1 N–H and O–H groups in total. The van der Waals surface area contributed by atoms with Crippen LogP contribution >= 0.6 is 0 Å². The molecule has 0 amide bonds. The van der Waals surface area contributed by atoms with Gasteiger partial charge in [-0.1, -0.05) is 33.3 Å². The minimum Gasteiger partial charge on any atom is -0.314 e. The third kappa shape index (κ3) is 3.77. The van der Waals surface area contributed by atoms with Gasteiger partial charge in [-0.2, -0.15) is 0 Å². The van der Waals surface area contributed by atoms with Crippen LogP contribution in [0.2, 0.25) is 0 Å². The van der Waals surface area contributed by atoms with Gasteiger partial charge in [0.15, 0.2) is 0 Å². The summed E-state index contributed by atoms with van der Waals surface area (Å²) in [5, 5.41) is 3.36. The molecule has 0 fully saturated rings. The summed E-state index contributed by atoms with van der Waals surface area (Å²) in [6.07, 6.45) is 2.04. The van der Waals surface area contributed by atoms with Gasteiger partial charge < -0.3 is 5.32 Å². The van der Waals surface area contributed by atoms with Crippen LogP contribution in [-0.2, 0) is 0 Å². The fourth-order valence-corrected chi connectivity index (χ4v) is 2.19. The Morgan fingerprint density at radius 1 is 1.24 bits per heavy atom. The van der Waals surface area contributed by atoms with Crippen LogP contribution in [-0.4, -0.2) is 12.6 Å². The number of likely N-dealkylation sites (N-methyl/N-ethyl adjacent to an activating group) is 1. The third-order valence-electron chi connectivity index (χ3n) is 3.12. The van der Waals surface area contributed by atoms with Crippen LogP contribution in [0.5, 0.6) is 0 Å². The number of nitrogens with one attached hydrogen (secondary N) is 1. The third-order valence-corrected chi connectivity index (χ3v) is 3.12. The predicted molar refractivity (Wildman–Crippen MR) is 67.1 cm³/mol. The molecule has 0 aliphatic rings. The zero-order valence-electron chi connectivity index (χ0n) is 10.8. The average molecular weight is 241 g/mol. The first-order valence-electron chi connectivity index (χ1n) is 6.28. The predicted octanol–water partition coefficient (Wildman–Crippen LogP) is 3.85. The summed E-state index contributed by atoms with van der Waals surface area (Å²) in [4.78, 5) is 0. The fraction of sp³-hybridized carbons (Fsp3) is 0.571. The van der Waals surface area contributed by atoms with Gasteiger partial charge in [-0.15, -0.1) is 0 Å². The van der Waals surface area contributed by atoms with Crippen molar-refractivity contribution in [1.82, 2.24) is 5.32 Å². The minimum absolute atomic E-state index is 0.0514. The van der Waals surface area contributed by atoms with E-state index in [4.69, 9.17) is 0 Å². The van der Waals surface area contributed by atoms with E-state index in [1.54, 1.807) is 6.07 Å². The lowest BCUT2D eigenvalue weighted by Crippen LogP contribution is -2.33. The first-order chi connectivity index (χ1) is 8.10. The molecule has 0 saturated carbocycles. The van der Waals surface area contributed by atoms with E-state index >= 15 is 0 Å². The summed E-state index contributed by atoms with van der Waals surface area (Å²) >= 11 is 0. The average Bonchev–Trinajstić information content (AvgIpc) is 2.28. The zero-order chi connectivity index (χ0) is 12.8. The standard InChI is InChI=1S/C14H21F2N/c1-4-6-14(17-5-2)10(3)12-8-7-11(15)9-13(12)16/h7-10,14,17H,4-6H2,1-3H3. The van der Waals surface area contributed by atoms with Gasteiger partial charge in [0.25, 0.3) is 0 Å². The highest BCUT2D eigenvalue weighted by Gasteiger charge is 2.20. The van der Waals surface area contributed by atoms with Gasteiger partial charge in [0.1, 0.15) is 11.6 Å².